The second kappa shape index (κ2) is 9.89. The lowest BCUT2D eigenvalue weighted by Gasteiger charge is -2.42. The summed E-state index contributed by atoms with van der Waals surface area (Å²) in [5, 5.41) is 17.2. The average molecular weight is 390 g/mol. The quantitative estimate of drug-likeness (QED) is 0.617. The third-order valence-corrected chi connectivity index (χ3v) is 4.88. The molecule has 2 aliphatic rings. The molecule has 0 saturated carbocycles. The Balaban J connectivity index is 0.000000300. The molecule has 0 aliphatic carbocycles. The molecule has 2 saturated heterocycles. The Kier molecular flexibility index (Phi) is 7.57. The molecule has 2 unspecified atom stereocenters. The number of ether oxygens (including phenoxy) is 1. The first kappa shape index (κ1) is 21.4. The average Bonchev–Trinajstić information content (AvgIpc) is 2.65. The van der Waals surface area contributed by atoms with Gasteiger partial charge in [-0.05, 0) is 36.8 Å². The number of fused-ring (bicyclic) bond motifs is 2. The number of carbonyl (C=O) groups excluding carboxylic acids is 2. The molecule has 8 nitrogen and oxygen atoms in total. The van der Waals surface area contributed by atoms with E-state index in [0.29, 0.717) is 24.0 Å². The molecule has 0 radical (unpaired) electrons. The van der Waals surface area contributed by atoms with E-state index in [2.05, 4.69) is 7.05 Å². The van der Waals surface area contributed by atoms with Crippen LogP contribution in [0.15, 0.2) is 36.4 Å². The van der Waals surface area contributed by atoms with Gasteiger partial charge in [-0.3, -0.25) is 4.79 Å². The maximum Gasteiger partial charge on any atom is 0.328 e. The number of carboxylic acids is 2. The first-order valence-electron chi connectivity index (χ1n) is 9.15. The van der Waals surface area contributed by atoms with Crippen LogP contribution < -0.4 is 14.7 Å². The van der Waals surface area contributed by atoms with Crippen molar-refractivity contribution in [1.82, 2.24) is 4.90 Å². The summed E-state index contributed by atoms with van der Waals surface area (Å²) in [6, 6.07) is 7.44. The fourth-order valence-electron chi connectivity index (χ4n) is 3.90. The first-order valence-corrected chi connectivity index (χ1v) is 9.15. The van der Waals surface area contributed by atoms with Gasteiger partial charge in [-0.15, -0.1) is 0 Å². The van der Waals surface area contributed by atoms with Crippen molar-refractivity contribution in [2.75, 3.05) is 40.3 Å². The van der Waals surface area contributed by atoms with Crippen LogP contribution in [-0.4, -0.2) is 68.2 Å². The van der Waals surface area contributed by atoms with Gasteiger partial charge < -0.3 is 29.5 Å². The van der Waals surface area contributed by atoms with Gasteiger partial charge in [0.15, 0.2) is 0 Å². The van der Waals surface area contributed by atoms with E-state index in [1.807, 2.05) is 29.2 Å². The number of benzene rings is 1. The predicted molar refractivity (Wildman–Crippen MR) is 98.9 cm³/mol. The second-order valence-corrected chi connectivity index (χ2v) is 7.26. The highest BCUT2D eigenvalue weighted by Crippen LogP contribution is 2.24. The summed E-state index contributed by atoms with van der Waals surface area (Å²) < 4.78 is 5.14. The summed E-state index contributed by atoms with van der Waals surface area (Å²) >= 11 is 0. The van der Waals surface area contributed by atoms with E-state index in [1.54, 1.807) is 12.0 Å². The lowest BCUT2D eigenvalue weighted by Crippen LogP contribution is -3.12. The van der Waals surface area contributed by atoms with Crippen LogP contribution in [0, 0.1) is 11.8 Å². The molecular formula is C20H26N2O6. The zero-order valence-electron chi connectivity index (χ0n) is 16.1. The number of hydrogen-bond acceptors (Lipinski definition) is 5. The van der Waals surface area contributed by atoms with Crippen LogP contribution in [0.2, 0.25) is 0 Å². The molecule has 2 heterocycles. The summed E-state index contributed by atoms with van der Waals surface area (Å²) in [7, 11) is 3.90. The maximum absolute atomic E-state index is 12.6. The highest BCUT2D eigenvalue weighted by molar-refractivity contribution is 5.94. The van der Waals surface area contributed by atoms with E-state index in [0.717, 1.165) is 24.4 Å². The highest BCUT2D eigenvalue weighted by atomic mass is 16.5. The molecule has 0 spiro atoms. The largest absolute Gasteiger partial charge is 0.545 e. The van der Waals surface area contributed by atoms with Crippen LogP contribution in [0.1, 0.15) is 16.8 Å². The van der Waals surface area contributed by atoms with Crippen molar-refractivity contribution < 1.29 is 34.2 Å². The van der Waals surface area contributed by atoms with E-state index in [9.17, 15) is 19.5 Å². The molecule has 2 N–H and O–H groups in total. The summed E-state index contributed by atoms with van der Waals surface area (Å²) in [6.45, 7) is 4.23. The third-order valence-electron chi connectivity index (χ3n) is 4.88. The van der Waals surface area contributed by atoms with Gasteiger partial charge in [0.05, 0.1) is 33.2 Å². The number of carbonyl (C=O) groups is 3. The van der Waals surface area contributed by atoms with E-state index in [1.165, 1.54) is 19.5 Å². The van der Waals surface area contributed by atoms with Crippen molar-refractivity contribution in [2.45, 2.75) is 6.42 Å². The minimum Gasteiger partial charge on any atom is -0.545 e. The molecule has 28 heavy (non-hydrogen) atoms. The lowest BCUT2D eigenvalue weighted by atomic mass is 9.84. The maximum atomic E-state index is 12.6. The van der Waals surface area contributed by atoms with Crippen molar-refractivity contribution in [1.29, 1.82) is 0 Å². The van der Waals surface area contributed by atoms with Crippen molar-refractivity contribution in [3.8, 4) is 5.75 Å². The molecule has 2 fully saturated rings. The number of hydrogen-bond donors (Lipinski definition) is 2. The fourth-order valence-corrected chi connectivity index (χ4v) is 3.90. The van der Waals surface area contributed by atoms with Crippen molar-refractivity contribution in [2.24, 2.45) is 11.8 Å². The number of rotatable bonds is 4. The van der Waals surface area contributed by atoms with Gasteiger partial charge in [-0.25, -0.2) is 4.79 Å². The van der Waals surface area contributed by atoms with Crippen LogP contribution in [-0.2, 0) is 9.59 Å². The van der Waals surface area contributed by atoms with Gasteiger partial charge in [0.25, 0.3) is 5.91 Å². The van der Waals surface area contributed by atoms with Crippen LogP contribution in [0.5, 0.6) is 5.75 Å². The Morgan fingerprint density at radius 1 is 1.14 bits per heavy atom. The monoisotopic (exact) mass is 390 g/mol. The SMILES string of the molecule is COc1ccc(C(=O)N2CC3CC(C2)C[NH+](C)C3)cc1.O=C([O-])/C=C\C(=O)O. The normalized spacial score (nSPS) is 23.5. The molecule has 1 amide bonds. The number of piperidine rings is 2. The Hall–Kier alpha value is -2.87. The van der Waals surface area contributed by atoms with Crippen molar-refractivity contribution in [3.63, 3.8) is 0 Å². The second-order valence-electron chi connectivity index (χ2n) is 7.26. The minimum atomic E-state index is -1.51. The van der Waals surface area contributed by atoms with Crippen LogP contribution in [0.25, 0.3) is 0 Å². The number of nitrogens with one attached hydrogen (secondary N) is 1. The van der Waals surface area contributed by atoms with Gasteiger partial charge >= 0.3 is 5.97 Å². The fraction of sp³-hybridized carbons (Fsp3) is 0.450. The molecule has 1 aromatic carbocycles. The molecule has 152 valence electrons. The number of carboxylic acid groups (broad SMARTS) is 2. The molecule has 2 bridgehead atoms. The van der Waals surface area contributed by atoms with Gasteiger partial charge in [-0.2, -0.15) is 0 Å². The van der Waals surface area contributed by atoms with Gasteiger partial charge in [-0.1, -0.05) is 0 Å². The lowest BCUT2D eigenvalue weighted by molar-refractivity contribution is -0.893. The Bertz CT molecular complexity index is 697. The molecular weight excluding hydrogens is 364 g/mol. The third kappa shape index (κ3) is 6.38. The molecule has 2 atom stereocenters. The standard InChI is InChI=1S/C16H22N2O2.C4H4O4/c1-17-8-12-7-13(9-17)11-18(10-12)16(19)14-3-5-15(20-2)6-4-14;5-3(6)1-2-4(7)8/h3-6,12-13H,7-11H2,1-2H3;1-2H,(H,5,6)(H,7,8)/b;2-1-. The molecule has 8 heteroatoms. The topological polar surface area (TPSA) is 111 Å². The van der Waals surface area contributed by atoms with Gasteiger partial charge in [0, 0.05) is 36.6 Å². The van der Waals surface area contributed by atoms with Crippen LogP contribution in [0.4, 0.5) is 0 Å². The van der Waals surface area contributed by atoms with Crippen LogP contribution in [0.3, 0.4) is 0 Å². The van der Waals surface area contributed by atoms with Gasteiger partial charge in [0.1, 0.15) is 5.75 Å². The Labute approximate surface area is 164 Å². The summed E-state index contributed by atoms with van der Waals surface area (Å²) in [5.74, 6) is -0.500. The predicted octanol–water partition coefficient (Wildman–Crippen LogP) is -1.32. The number of quaternary nitrogens is 1. The van der Waals surface area contributed by atoms with E-state index < -0.39 is 11.9 Å². The Morgan fingerprint density at radius 3 is 2.14 bits per heavy atom. The van der Waals surface area contributed by atoms with E-state index >= 15 is 0 Å². The zero-order valence-corrected chi connectivity index (χ0v) is 16.1. The highest BCUT2D eigenvalue weighted by Gasteiger charge is 2.37. The number of aliphatic carboxylic acids is 2. The van der Waals surface area contributed by atoms with Gasteiger partial charge in [0.2, 0.25) is 0 Å². The number of amides is 1. The number of likely N-dealkylation sites (tertiary alicyclic amines) is 2. The molecule has 0 aromatic heterocycles. The van der Waals surface area contributed by atoms with Crippen molar-refractivity contribution in [3.05, 3.63) is 42.0 Å². The molecule has 1 aromatic rings. The minimum absolute atomic E-state index is 0.168. The number of methoxy groups -OCH3 is 1. The smallest absolute Gasteiger partial charge is 0.328 e. The van der Waals surface area contributed by atoms with E-state index in [4.69, 9.17) is 9.84 Å². The summed E-state index contributed by atoms with van der Waals surface area (Å²) in [6.07, 6.45) is 2.24. The summed E-state index contributed by atoms with van der Waals surface area (Å²) in [4.78, 5) is 35.2. The van der Waals surface area contributed by atoms with E-state index in [-0.39, 0.29) is 5.91 Å². The van der Waals surface area contributed by atoms with Crippen molar-refractivity contribution >= 4 is 17.8 Å². The summed E-state index contributed by atoms with van der Waals surface area (Å²) in [5.41, 5.74) is 0.770. The first-order chi connectivity index (χ1) is 13.3. The van der Waals surface area contributed by atoms with Crippen LogP contribution >= 0.6 is 0 Å². The number of nitrogens with zero attached hydrogens (tertiary/aromatic N) is 1. The zero-order chi connectivity index (χ0) is 20.7. The molecule has 2 aliphatic heterocycles. The molecule has 3 rings (SSSR count). The Morgan fingerprint density at radius 2 is 1.71 bits per heavy atom.